The zero-order chi connectivity index (χ0) is 38.7. The van der Waals surface area contributed by atoms with Gasteiger partial charge in [0, 0.05) is 35.2 Å². The molecule has 6 aromatic carbocycles. The Labute approximate surface area is 357 Å². The van der Waals surface area contributed by atoms with Crippen molar-refractivity contribution in [3.05, 3.63) is 255 Å². The Morgan fingerprint density at radius 3 is 0.825 bits per heavy atom. The second kappa shape index (κ2) is 21.6. The van der Waals surface area contributed by atoms with Crippen LogP contribution in [0.3, 0.4) is 0 Å². The first-order valence-electron chi connectivity index (χ1n) is 19.3. The summed E-state index contributed by atoms with van der Waals surface area (Å²) in [7, 11) is 7.47. The van der Waals surface area contributed by atoms with Crippen LogP contribution in [-0.4, -0.2) is 38.0 Å². The van der Waals surface area contributed by atoms with E-state index in [2.05, 4.69) is 259 Å². The Bertz CT molecular complexity index is 1770. The number of rotatable bonds is 12. The average Bonchev–Trinajstić information content (AvgIpc) is 3.91. The molecule has 6 aromatic rings. The standard InChI is InChI=1S/2C26H25NP.Fe/c2*1-27(2)26(21-13-6-3-7-14-21)24-19-12-20-25(24)28(22-15-8-4-9-16-22)23-17-10-5-11-18-23;/h2*3-20,26H,1-2H3;/q;;+2/t2*26-;/m11./s1. The predicted molar refractivity (Wildman–Crippen MR) is 243 cm³/mol. The van der Waals surface area contributed by atoms with Gasteiger partial charge in [-0.3, -0.25) is 0 Å². The molecule has 2 fully saturated rings. The van der Waals surface area contributed by atoms with E-state index in [0.717, 1.165) is 0 Å². The molecule has 57 heavy (non-hydrogen) atoms. The average molecular weight is 821 g/mol. The number of benzene rings is 6. The fraction of sp³-hybridized carbons (Fsp3) is 0.115. The quantitative estimate of drug-likeness (QED) is 0.0897. The van der Waals surface area contributed by atoms with Crippen LogP contribution in [0.1, 0.15) is 23.2 Å². The molecule has 2 aliphatic carbocycles. The summed E-state index contributed by atoms with van der Waals surface area (Å²) in [6.45, 7) is 0. The fourth-order valence-electron chi connectivity index (χ4n) is 7.66. The molecular formula is C52H50FeN2P2+2. The number of nitrogens with zero attached hydrogens (tertiary/aromatic N) is 2. The van der Waals surface area contributed by atoms with Crippen molar-refractivity contribution in [2.45, 2.75) is 12.1 Å². The van der Waals surface area contributed by atoms with Crippen LogP contribution in [0.25, 0.3) is 0 Å². The van der Waals surface area contributed by atoms with Gasteiger partial charge in [-0.2, -0.15) is 0 Å². The molecule has 284 valence electrons. The van der Waals surface area contributed by atoms with E-state index in [4.69, 9.17) is 0 Å². The van der Waals surface area contributed by atoms with Crippen LogP contribution in [0, 0.1) is 61.7 Å². The van der Waals surface area contributed by atoms with Gasteiger partial charge in [-0.25, -0.2) is 0 Å². The number of hydrogen-bond donors (Lipinski definition) is 0. The van der Waals surface area contributed by atoms with Gasteiger partial charge in [0.25, 0.3) is 0 Å². The summed E-state index contributed by atoms with van der Waals surface area (Å²) in [4.78, 5) is 4.63. The summed E-state index contributed by atoms with van der Waals surface area (Å²) in [5, 5.41) is 5.56. The van der Waals surface area contributed by atoms with Crippen LogP contribution in [0.5, 0.6) is 0 Å². The Balaban J connectivity index is 0.000000189. The van der Waals surface area contributed by atoms with Crippen LogP contribution in [0.4, 0.5) is 0 Å². The molecule has 10 radical (unpaired) electrons. The van der Waals surface area contributed by atoms with Gasteiger partial charge in [0.15, 0.2) is 0 Å². The maximum atomic E-state index is 2.32. The second-order valence-electron chi connectivity index (χ2n) is 14.3. The van der Waals surface area contributed by atoms with Gasteiger partial charge in [-0.1, -0.05) is 182 Å². The van der Waals surface area contributed by atoms with Crippen molar-refractivity contribution in [3.8, 4) is 0 Å². The zero-order valence-corrected chi connectivity index (χ0v) is 36.0. The molecule has 8 rings (SSSR count). The predicted octanol–water partition coefficient (Wildman–Crippen LogP) is 10.3. The van der Waals surface area contributed by atoms with Crippen LogP contribution < -0.4 is 21.2 Å². The summed E-state index contributed by atoms with van der Waals surface area (Å²) >= 11 is 0. The molecule has 2 atom stereocenters. The summed E-state index contributed by atoms with van der Waals surface area (Å²) in [6, 6.07) is 65.8. The van der Waals surface area contributed by atoms with Crippen LogP contribution >= 0.6 is 15.8 Å². The normalized spacial score (nSPS) is 16.4. The molecule has 2 nitrogen and oxygen atoms in total. The number of hydrogen-bond acceptors (Lipinski definition) is 2. The maximum absolute atomic E-state index is 2.32. The van der Waals surface area contributed by atoms with E-state index in [0.29, 0.717) is 0 Å². The van der Waals surface area contributed by atoms with Gasteiger partial charge >= 0.3 is 17.1 Å². The SMILES string of the molecule is CN(C)[C@@H]([C]1[CH][CH][CH][C]1P(c1ccccc1)c1ccccc1)c1ccccc1.CN(C)[C@@H]([C]1[CH][CH][CH][C]1P(c1ccccc1)c1ccccc1)c1ccccc1.[Fe+2]. The van der Waals surface area contributed by atoms with Crippen molar-refractivity contribution in [1.82, 2.24) is 9.80 Å². The van der Waals surface area contributed by atoms with Crippen molar-refractivity contribution in [1.29, 1.82) is 0 Å². The minimum atomic E-state index is -0.604. The molecule has 0 aromatic heterocycles. The Morgan fingerprint density at radius 2 is 0.579 bits per heavy atom. The summed E-state index contributed by atoms with van der Waals surface area (Å²) in [5.41, 5.74) is 5.54. The minimum Gasteiger partial charge on any atom is -0.302 e. The summed E-state index contributed by atoms with van der Waals surface area (Å²) in [5.74, 6) is 2.80. The molecule has 0 heterocycles. The second-order valence-corrected chi connectivity index (χ2v) is 18.7. The fourth-order valence-corrected chi connectivity index (χ4v) is 12.6. The molecule has 0 amide bonds. The molecule has 5 heteroatoms. The Hall–Kier alpha value is -3.38. The first-order chi connectivity index (χ1) is 27.5. The summed E-state index contributed by atoms with van der Waals surface area (Å²) < 4.78 is 0. The molecule has 0 aliphatic heterocycles. The van der Waals surface area contributed by atoms with Crippen molar-refractivity contribution in [2.24, 2.45) is 0 Å². The van der Waals surface area contributed by atoms with Gasteiger partial charge in [-0.15, -0.1) is 0 Å². The molecule has 0 bridgehead atoms. The van der Waals surface area contributed by atoms with Crippen LogP contribution in [0.2, 0.25) is 0 Å². The van der Waals surface area contributed by atoms with Gasteiger partial charge < -0.3 is 9.80 Å². The van der Waals surface area contributed by atoms with Gasteiger partial charge in [0.1, 0.15) is 0 Å². The summed E-state index contributed by atoms with van der Waals surface area (Å²) in [6.07, 6.45) is 13.7. The van der Waals surface area contributed by atoms with E-state index in [1.807, 2.05) is 0 Å². The molecule has 2 aliphatic rings. The van der Waals surface area contributed by atoms with Gasteiger partial charge in [-0.05, 0) is 115 Å². The van der Waals surface area contributed by atoms with E-state index in [1.54, 1.807) is 0 Å². The third kappa shape index (κ3) is 10.6. The van der Waals surface area contributed by atoms with Crippen LogP contribution in [-0.2, 0) is 17.1 Å². The smallest absolute Gasteiger partial charge is 0.302 e. The molecule has 0 saturated heterocycles. The first kappa shape index (κ1) is 43.2. The molecular weight excluding hydrogens is 770 g/mol. The van der Waals surface area contributed by atoms with Crippen LogP contribution in [0.15, 0.2) is 182 Å². The van der Waals surface area contributed by atoms with Gasteiger partial charge in [0.2, 0.25) is 0 Å². The van der Waals surface area contributed by atoms with Crippen molar-refractivity contribution in [3.63, 3.8) is 0 Å². The van der Waals surface area contributed by atoms with E-state index in [-0.39, 0.29) is 29.2 Å². The Morgan fingerprint density at radius 1 is 0.333 bits per heavy atom. The van der Waals surface area contributed by atoms with Crippen molar-refractivity contribution in [2.75, 3.05) is 28.2 Å². The molecule has 2 saturated carbocycles. The largest absolute Gasteiger partial charge is 2.00 e. The van der Waals surface area contributed by atoms with E-state index < -0.39 is 15.8 Å². The van der Waals surface area contributed by atoms with Gasteiger partial charge in [0.05, 0.1) is 0 Å². The first-order valence-corrected chi connectivity index (χ1v) is 21.9. The third-order valence-corrected chi connectivity index (χ3v) is 15.1. The van der Waals surface area contributed by atoms with Crippen molar-refractivity contribution < 1.29 is 17.1 Å². The Kier molecular flexibility index (Phi) is 16.4. The third-order valence-electron chi connectivity index (χ3n) is 10.0. The molecule has 0 N–H and O–H groups in total. The maximum Gasteiger partial charge on any atom is 2.00 e. The van der Waals surface area contributed by atoms with E-state index in [9.17, 15) is 0 Å². The zero-order valence-electron chi connectivity index (χ0n) is 33.1. The topological polar surface area (TPSA) is 6.48 Å². The minimum absolute atomic E-state index is 0. The van der Waals surface area contributed by atoms with E-state index in [1.165, 1.54) is 55.5 Å². The molecule has 0 unspecified atom stereocenters. The monoisotopic (exact) mass is 820 g/mol. The molecule has 0 spiro atoms. The van der Waals surface area contributed by atoms with Crippen molar-refractivity contribution >= 4 is 37.1 Å². The van der Waals surface area contributed by atoms with E-state index >= 15 is 0 Å².